The first-order valence-corrected chi connectivity index (χ1v) is 8.21. The van der Waals surface area contributed by atoms with E-state index in [1.54, 1.807) is 11.4 Å². The number of rotatable bonds is 6. The Kier molecular flexibility index (Phi) is 5.41. The summed E-state index contributed by atoms with van der Waals surface area (Å²) in [6.07, 6.45) is 0. The summed E-state index contributed by atoms with van der Waals surface area (Å²) in [5.74, 6) is -0.735. The maximum absolute atomic E-state index is 11.9. The van der Waals surface area contributed by atoms with Gasteiger partial charge in [0.1, 0.15) is 4.88 Å². The molecule has 1 amide bonds. The number of carboxylic acid groups (broad SMARTS) is 1. The highest BCUT2D eigenvalue weighted by Crippen LogP contribution is 2.24. The van der Waals surface area contributed by atoms with Gasteiger partial charge in [0.05, 0.1) is 11.8 Å². The van der Waals surface area contributed by atoms with Crippen molar-refractivity contribution < 1.29 is 14.7 Å². The highest BCUT2D eigenvalue weighted by Gasteiger charge is 2.11. The van der Waals surface area contributed by atoms with E-state index in [4.69, 9.17) is 5.11 Å². The standard InChI is InChI=1S/C15H15NO3S2/c1-10(11-5-3-2-4-6-11)16-14(17)9-20-12-7-13(15(18)19)21-8-12/h2-8,10H,9H2,1H3,(H,16,17)(H,18,19). The first-order chi connectivity index (χ1) is 10.1. The third kappa shape index (κ3) is 4.61. The Bertz CT molecular complexity index is 625. The van der Waals surface area contributed by atoms with Gasteiger partial charge in [-0.2, -0.15) is 0 Å². The van der Waals surface area contributed by atoms with Crippen LogP contribution in [0.3, 0.4) is 0 Å². The summed E-state index contributed by atoms with van der Waals surface area (Å²) in [6, 6.07) is 11.3. The lowest BCUT2D eigenvalue weighted by atomic mass is 10.1. The highest BCUT2D eigenvalue weighted by atomic mass is 32.2. The minimum Gasteiger partial charge on any atom is -0.477 e. The molecule has 1 atom stereocenters. The molecule has 0 spiro atoms. The van der Waals surface area contributed by atoms with Crippen LogP contribution in [0, 0.1) is 0 Å². The van der Waals surface area contributed by atoms with Crippen LogP contribution in [-0.4, -0.2) is 22.7 Å². The normalized spacial score (nSPS) is 11.9. The number of aromatic carboxylic acids is 1. The van der Waals surface area contributed by atoms with Crippen LogP contribution in [0.5, 0.6) is 0 Å². The highest BCUT2D eigenvalue weighted by molar-refractivity contribution is 8.00. The van der Waals surface area contributed by atoms with Crippen molar-refractivity contribution in [1.29, 1.82) is 0 Å². The fourth-order valence-electron chi connectivity index (χ4n) is 1.76. The maximum Gasteiger partial charge on any atom is 0.345 e. The monoisotopic (exact) mass is 321 g/mol. The Morgan fingerprint density at radius 1 is 1.33 bits per heavy atom. The van der Waals surface area contributed by atoms with Gasteiger partial charge in [-0.3, -0.25) is 4.79 Å². The van der Waals surface area contributed by atoms with Gasteiger partial charge < -0.3 is 10.4 Å². The van der Waals surface area contributed by atoms with Crippen molar-refractivity contribution >= 4 is 35.0 Å². The summed E-state index contributed by atoms with van der Waals surface area (Å²) >= 11 is 2.51. The molecule has 21 heavy (non-hydrogen) atoms. The number of hydrogen-bond acceptors (Lipinski definition) is 4. The van der Waals surface area contributed by atoms with Crippen molar-refractivity contribution in [2.75, 3.05) is 5.75 Å². The molecule has 0 aliphatic carbocycles. The van der Waals surface area contributed by atoms with Gasteiger partial charge in [-0.25, -0.2) is 4.79 Å². The molecular weight excluding hydrogens is 306 g/mol. The average Bonchev–Trinajstić information content (AvgIpc) is 2.95. The van der Waals surface area contributed by atoms with E-state index in [0.717, 1.165) is 10.5 Å². The molecule has 0 aliphatic heterocycles. The average molecular weight is 321 g/mol. The second-order valence-electron chi connectivity index (χ2n) is 4.44. The Balaban J connectivity index is 1.83. The van der Waals surface area contributed by atoms with Gasteiger partial charge in [-0.05, 0) is 18.6 Å². The number of thiophene rings is 1. The largest absolute Gasteiger partial charge is 0.477 e. The molecular formula is C15H15NO3S2. The van der Waals surface area contributed by atoms with Gasteiger partial charge in [0, 0.05) is 10.3 Å². The van der Waals surface area contributed by atoms with E-state index in [-0.39, 0.29) is 22.6 Å². The number of nitrogens with one attached hydrogen (secondary N) is 1. The predicted octanol–water partition coefficient (Wildman–Crippen LogP) is 3.42. The van der Waals surface area contributed by atoms with Gasteiger partial charge in [0.2, 0.25) is 5.91 Å². The first kappa shape index (κ1) is 15.6. The van der Waals surface area contributed by atoms with Crippen LogP contribution in [0.1, 0.15) is 28.2 Å². The van der Waals surface area contributed by atoms with Crippen molar-refractivity contribution in [3.05, 3.63) is 52.2 Å². The number of carbonyl (C=O) groups is 2. The van der Waals surface area contributed by atoms with Crippen LogP contribution in [-0.2, 0) is 4.79 Å². The third-order valence-corrected chi connectivity index (χ3v) is 4.88. The molecule has 1 heterocycles. The molecule has 0 radical (unpaired) electrons. The Hall–Kier alpha value is -1.79. The maximum atomic E-state index is 11.9. The summed E-state index contributed by atoms with van der Waals surface area (Å²) in [4.78, 5) is 23.8. The Labute approximate surface area is 131 Å². The number of benzene rings is 1. The zero-order valence-electron chi connectivity index (χ0n) is 11.4. The molecule has 0 fully saturated rings. The minimum absolute atomic E-state index is 0.0450. The Morgan fingerprint density at radius 2 is 2.05 bits per heavy atom. The van der Waals surface area contributed by atoms with Crippen LogP contribution >= 0.6 is 23.1 Å². The Morgan fingerprint density at radius 3 is 2.67 bits per heavy atom. The van der Waals surface area contributed by atoms with Gasteiger partial charge in [0.25, 0.3) is 0 Å². The van der Waals surface area contributed by atoms with E-state index in [2.05, 4.69) is 5.32 Å². The van der Waals surface area contributed by atoms with Gasteiger partial charge >= 0.3 is 5.97 Å². The van der Waals surface area contributed by atoms with E-state index in [1.807, 2.05) is 37.3 Å². The molecule has 4 nitrogen and oxygen atoms in total. The van der Waals surface area contributed by atoms with E-state index in [1.165, 1.54) is 23.1 Å². The lowest BCUT2D eigenvalue weighted by Crippen LogP contribution is -2.28. The molecule has 0 aliphatic rings. The molecule has 1 aromatic heterocycles. The number of amides is 1. The molecule has 2 N–H and O–H groups in total. The summed E-state index contributed by atoms with van der Waals surface area (Å²) in [5, 5.41) is 13.5. The fraction of sp³-hybridized carbons (Fsp3) is 0.200. The first-order valence-electron chi connectivity index (χ1n) is 6.35. The molecule has 110 valence electrons. The van der Waals surface area contributed by atoms with E-state index in [0.29, 0.717) is 0 Å². The number of carboxylic acids is 1. The minimum atomic E-state index is -0.936. The van der Waals surface area contributed by atoms with Gasteiger partial charge in [-0.1, -0.05) is 30.3 Å². The lowest BCUT2D eigenvalue weighted by molar-refractivity contribution is -0.119. The molecule has 0 bridgehead atoms. The second-order valence-corrected chi connectivity index (χ2v) is 6.40. The number of thioether (sulfide) groups is 1. The summed E-state index contributed by atoms with van der Waals surface area (Å²) < 4.78 is 0. The molecule has 2 aromatic rings. The topological polar surface area (TPSA) is 66.4 Å². The summed E-state index contributed by atoms with van der Waals surface area (Å²) in [6.45, 7) is 1.94. The van der Waals surface area contributed by atoms with E-state index < -0.39 is 5.97 Å². The molecule has 0 saturated heterocycles. The van der Waals surface area contributed by atoms with Crippen LogP contribution in [0.25, 0.3) is 0 Å². The van der Waals surface area contributed by atoms with Crippen molar-refractivity contribution in [3.63, 3.8) is 0 Å². The lowest BCUT2D eigenvalue weighted by Gasteiger charge is -2.13. The quantitative estimate of drug-likeness (QED) is 0.800. The van der Waals surface area contributed by atoms with Gasteiger partial charge in [0.15, 0.2) is 0 Å². The zero-order valence-corrected chi connectivity index (χ0v) is 13.0. The van der Waals surface area contributed by atoms with E-state index in [9.17, 15) is 9.59 Å². The van der Waals surface area contributed by atoms with Crippen LogP contribution in [0.15, 0.2) is 46.7 Å². The smallest absolute Gasteiger partial charge is 0.345 e. The molecule has 0 saturated carbocycles. The van der Waals surface area contributed by atoms with Crippen LogP contribution in [0.2, 0.25) is 0 Å². The zero-order chi connectivity index (χ0) is 15.2. The summed E-state index contributed by atoms with van der Waals surface area (Å²) in [5.41, 5.74) is 1.06. The molecule has 1 aromatic carbocycles. The predicted molar refractivity (Wildman–Crippen MR) is 85.0 cm³/mol. The van der Waals surface area contributed by atoms with Crippen molar-refractivity contribution in [3.8, 4) is 0 Å². The molecule has 2 rings (SSSR count). The number of hydrogen-bond donors (Lipinski definition) is 2. The second kappa shape index (κ2) is 7.28. The van der Waals surface area contributed by atoms with Crippen molar-refractivity contribution in [2.45, 2.75) is 17.9 Å². The number of carbonyl (C=O) groups excluding carboxylic acids is 1. The van der Waals surface area contributed by atoms with Crippen molar-refractivity contribution in [1.82, 2.24) is 5.32 Å². The SMILES string of the molecule is CC(NC(=O)CSc1csc(C(=O)O)c1)c1ccccc1. The van der Waals surface area contributed by atoms with Gasteiger partial charge in [-0.15, -0.1) is 23.1 Å². The molecule has 1 unspecified atom stereocenters. The van der Waals surface area contributed by atoms with Crippen LogP contribution < -0.4 is 5.32 Å². The fourth-order valence-corrected chi connectivity index (χ4v) is 3.44. The van der Waals surface area contributed by atoms with Crippen LogP contribution in [0.4, 0.5) is 0 Å². The molecule has 6 heteroatoms. The van der Waals surface area contributed by atoms with Crippen molar-refractivity contribution in [2.24, 2.45) is 0 Å². The van der Waals surface area contributed by atoms with E-state index >= 15 is 0 Å². The summed E-state index contributed by atoms with van der Waals surface area (Å²) in [7, 11) is 0. The third-order valence-electron chi connectivity index (χ3n) is 2.83.